The molecule has 0 radical (unpaired) electrons. The summed E-state index contributed by atoms with van der Waals surface area (Å²) in [4.78, 5) is 29.3. The highest BCUT2D eigenvalue weighted by molar-refractivity contribution is 6.03. The van der Waals surface area contributed by atoms with Crippen LogP contribution >= 0.6 is 0 Å². The molecule has 0 atom stereocenters. The number of aromatic nitrogens is 3. The van der Waals surface area contributed by atoms with Crippen molar-refractivity contribution in [3.05, 3.63) is 41.6 Å². The Morgan fingerprint density at radius 1 is 1.12 bits per heavy atom. The number of nitrogens with one attached hydrogen (secondary N) is 1. The van der Waals surface area contributed by atoms with Gasteiger partial charge in [0.15, 0.2) is 5.79 Å². The smallest absolute Gasteiger partial charge is 0.423 e. The van der Waals surface area contributed by atoms with Crippen LogP contribution in [-0.2, 0) is 14.2 Å². The van der Waals surface area contributed by atoms with Crippen molar-refractivity contribution in [2.24, 2.45) is 0 Å². The van der Waals surface area contributed by atoms with Crippen LogP contribution in [-0.4, -0.2) is 51.6 Å². The molecular weight excluding hydrogens is 552 g/mol. The summed E-state index contributed by atoms with van der Waals surface area (Å²) in [6.07, 6.45) is 3.04. The number of rotatable bonds is 4. The normalized spacial score (nSPS) is 16.6. The van der Waals surface area contributed by atoms with E-state index in [4.69, 9.17) is 24.7 Å². The fourth-order valence-corrected chi connectivity index (χ4v) is 5.07. The van der Waals surface area contributed by atoms with Gasteiger partial charge in [-0.3, -0.25) is 4.68 Å². The molecule has 3 heterocycles. The third-order valence-corrected chi connectivity index (χ3v) is 6.91. The minimum absolute atomic E-state index is 0.0140. The molecule has 224 valence electrons. The summed E-state index contributed by atoms with van der Waals surface area (Å²) < 4.78 is 53.8. The molecule has 1 spiro atoms. The maximum atomic E-state index is 15.3. The van der Waals surface area contributed by atoms with Crippen LogP contribution in [0.1, 0.15) is 65.5 Å². The number of halogens is 2. The van der Waals surface area contributed by atoms with Crippen LogP contribution in [0.15, 0.2) is 24.4 Å². The Labute approximate surface area is 240 Å². The summed E-state index contributed by atoms with van der Waals surface area (Å²) in [6, 6.07) is 1.56. The van der Waals surface area contributed by atoms with Crippen LogP contribution in [0.25, 0.3) is 27.7 Å². The molecule has 1 fully saturated rings. The molecule has 42 heavy (non-hydrogen) atoms. The molecular formula is C29H33F2N5O6. The number of pyridine rings is 1. The van der Waals surface area contributed by atoms with Crippen molar-refractivity contribution >= 4 is 34.3 Å². The highest BCUT2D eigenvalue weighted by Gasteiger charge is 2.38. The molecule has 1 aromatic carbocycles. The zero-order valence-corrected chi connectivity index (χ0v) is 24.0. The van der Waals surface area contributed by atoms with E-state index in [1.165, 1.54) is 6.20 Å². The van der Waals surface area contributed by atoms with E-state index in [0.29, 0.717) is 43.6 Å². The lowest BCUT2D eigenvalue weighted by Crippen LogP contribution is -2.38. The molecule has 0 saturated carbocycles. The first kappa shape index (κ1) is 29.4. The van der Waals surface area contributed by atoms with Gasteiger partial charge in [0, 0.05) is 42.3 Å². The second-order valence-corrected chi connectivity index (χ2v) is 11.5. The number of benzene rings is 1. The zero-order chi connectivity index (χ0) is 30.4. The number of nitrogen functional groups attached to an aromatic ring is 1. The highest BCUT2D eigenvalue weighted by atomic mass is 19.1. The Balaban J connectivity index is 1.66. The van der Waals surface area contributed by atoms with E-state index in [0.717, 1.165) is 17.7 Å². The SMILES string of the molecule is CC(C)n1nc(-c2cc(F)c(N)cc2F)c2c(OC(=O)NC(=O)OC(C)(C)C)ncc(C3=CCC4(CC3)OCCO4)c21. The number of ether oxygens (including phenoxy) is 4. The van der Waals surface area contributed by atoms with Gasteiger partial charge in [-0.2, -0.15) is 5.10 Å². The maximum absolute atomic E-state index is 15.3. The summed E-state index contributed by atoms with van der Waals surface area (Å²) in [7, 11) is 0. The number of anilines is 1. The molecule has 2 aromatic heterocycles. The Kier molecular flexibility index (Phi) is 7.66. The molecule has 3 aromatic rings. The zero-order valence-electron chi connectivity index (χ0n) is 24.0. The van der Waals surface area contributed by atoms with E-state index in [1.807, 2.05) is 25.2 Å². The summed E-state index contributed by atoms with van der Waals surface area (Å²) in [5.41, 5.74) is 6.22. The van der Waals surface area contributed by atoms with Crippen LogP contribution in [0, 0.1) is 11.6 Å². The van der Waals surface area contributed by atoms with Gasteiger partial charge >= 0.3 is 12.2 Å². The largest absolute Gasteiger partial charge is 0.443 e. The van der Waals surface area contributed by atoms with Crippen LogP contribution in [0.4, 0.5) is 24.1 Å². The molecule has 1 saturated heterocycles. The van der Waals surface area contributed by atoms with E-state index in [2.05, 4.69) is 10.1 Å². The second kappa shape index (κ2) is 11.0. The first-order chi connectivity index (χ1) is 19.8. The molecule has 2 aliphatic rings. The molecule has 1 aliphatic carbocycles. The Bertz CT molecular complexity index is 1590. The molecule has 2 amide bonds. The first-order valence-corrected chi connectivity index (χ1v) is 13.6. The maximum Gasteiger partial charge on any atom is 0.423 e. The van der Waals surface area contributed by atoms with Crippen LogP contribution in [0.2, 0.25) is 0 Å². The van der Waals surface area contributed by atoms with Crippen LogP contribution < -0.4 is 15.8 Å². The van der Waals surface area contributed by atoms with Gasteiger partial charge in [-0.1, -0.05) is 6.08 Å². The number of alkyl carbamates (subject to hydrolysis) is 1. The lowest BCUT2D eigenvalue weighted by atomic mass is 9.89. The number of nitrogens with zero attached hydrogens (tertiary/aromatic N) is 3. The van der Waals surface area contributed by atoms with Gasteiger partial charge in [-0.15, -0.1) is 0 Å². The van der Waals surface area contributed by atoms with Gasteiger partial charge in [-0.05, 0) is 52.7 Å². The van der Waals surface area contributed by atoms with Gasteiger partial charge in [0.1, 0.15) is 22.9 Å². The lowest BCUT2D eigenvalue weighted by Gasteiger charge is -2.31. The van der Waals surface area contributed by atoms with Crippen molar-refractivity contribution in [3.8, 4) is 17.1 Å². The van der Waals surface area contributed by atoms with Gasteiger partial charge in [0.25, 0.3) is 0 Å². The molecule has 5 rings (SSSR count). The minimum atomic E-state index is -1.17. The number of carbonyl (C=O) groups excluding carboxylic acids is 2. The van der Waals surface area contributed by atoms with E-state index >= 15 is 4.39 Å². The van der Waals surface area contributed by atoms with Gasteiger partial charge in [0.2, 0.25) is 5.88 Å². The van der Waals surface area contributed by atoms with Gasteiger partial charge < -0.3 is 24.7 Å². The molecule has 0 bridgehead atoms. The van der Waals surface area contributed by atoms with E-state index in [1.54, 1.807) is 25.5 Å². The third kappa shape index (κ3) is 5.79. The molecule has 13 heteroatoms. The summed E-state index contributed by atoms with van der Waals surface area (Å²) in [6.45, 7) is 9.73. The summed E-state index contributed by atoms with van der Waals surface area (Å²) in [5.74, 6) is -2.59. The number of hydrogen-bond donors (Lipinski definition) is 2. The predicted molar refractivity (Wildman–Crippen MR) is 150 cm³/mol. The Morgan fingerprint density at radius 3 is 2.45 bits per heavy atom. The van der Waals surface area contributed by atoms with Crippen LogP contribution in [0.5, 0.6) is 5.88 Å². The van der Waals surface area contributed by atoms with Crippen molar-refractivity contribution in [3.63, 3.8) is 0 Å². The average molecular weight is 586 g/mol. The fraction of sp³-hybridized carbons (Fsp3) is 0.448. The molecule has 0 unspecified atom stereocenters. The van der Waals surface area contributed by atoms with Crippen molar-refractivity contribution in [1.29, 1.82) is 0 Å². The van der Waals surface area contributed by atoms with Crippen molar-refractivity contribution < 1.29 is 37.3 Å². The lowest BCUT2D eigenvalue weighted by molar-refractivity contribution is -0.159. The van der Waals surface area contributed by atoms with E-state index < -0.39 is 35.2 Å². The fourth-order valence-electron chi connectivity index (χ4n) is 5.07. The average Bonchev–Trinajstić information content (AvgIpc) is 3.51. The number of amides is 2. The number of hydrogen-bond acceptors (Lipinski definition) is 9. The third-order valence-electron chi connectivity index (χ3n) is 6.91. The number of fused-ring (bicyclic) bond motifs is 1. The van der Waals surface area contributed by atoms with Crippen LogP contribution in [0.3, 0.4) is 0 Å². The summed E-state index contributed by atoms with van der Waals surface area (Å²) in [5, 5.41) is 6.79. The number of carbonyl (C=O) groups is 2. The first-order valence-electron chi connectivity index (χ1n) is 13.6. The minimum Gasteiger partial charge on any atom is -0.443 e. The van der Waals surface area contributed by atoms with Crippen molar-refractivity contribution in [1.82, 2.24) is 20.1 Å². The van der Waals surface area contributed by atoms with Gasteiger partial charge in [0.05, 0.1) is 29.8 Å². The molecule has 1 aliphatic heterocycles. The van der Waals surface area contributed by atoms with E-state index in [-0.39, 0.29) is 34.3 Å². The van der Waals surface area contributed by atoms with Crippen molar-refractivity contribution in [2.45, 2.75) is 71.3 Å². The predicted octanol–water partition coefficient (Wildman–Crippen LogP) is 5.87. The Morgan fingerprint density at radius 2 is 1.83 bits per heavy atom. The standard InChI is InChI=1S/C29H33F2N5O6/c1-15(2)36-24-18(16-6-8-29(9-7-16)39-10-11-40-29)14-33-25(41-26(37)34-27(38)42-28(3,4)5)22(24)23(35-36)17-12-20(31)21(32)13-19(17)30/h6,12-15H,7-11,32H2,1-5H3,(H,34,37,38). The monoisotopic (exact) mass is 585 g/mol. The number of imide groups is 1. The quantitative estimate of drug-likeness (QED) is 0.360. The molecule has 3 N–H and O–H groups in total. The van der Waals surface area contributed by atoms with Gasteiger partial charge in [-0.25, -0.2) is 28.7 Å². The summed E-state index contributed by atoms with van der Waals surface area (Å²) >= 11 is 0. The number of allylic oxidation sites excluding steroid dienone is 1. The van der Waals surface area contributed by atoms with Crippen molar-refractivity contribution in [2.75, 3.05) is 18.9 Å². The Hall–Kier alpha value is -4.10. The number of nitrogens with two attached hydrogens (primary N) is 1. The second-order valence-electron chi connectivity index (χ2n) is 11.5. The molecule has 11 nitrogen and oxygen atoms in total. The van der Waals surface area contributed by atoms with E-state index in [9.17, 15) is 14.0 Å². The highest BCUT2D eigenvalue weighted by Crippen LogP contribution is 2.44. The topological polar surface area (TPSA) is 140 Å².